The lowest BCUT2D eigenvalue weighted by atomic mass is 9.91. The van der Waals surface area contributed by atoms with Crippen LogP contribution in [0.3, 0.4) is 0 Å². The number of fused-ring (bicyclic) bond motifs is 6. The highest BCUT2D eigenvalue weighted by molar-refractivity contribution is 7.26. The van der Waals surface area contributed by atoms with Crippen molar-refractivity contribution in [1.82, 2.24) is 14.6 Å². The molecule has 198 valence electrons. The monoisotopic (exact) mass is 539 g/mol. The summed E-state index contributed by atoms with van der Waals surface area (Å²) in [5, 5.41) is 14.2. The van der Waals surface area contributed by atoms with Crippen LogP contribution in [-0.4, -0.2) is 14.6 Å². The molecule has 0 aliphatic heterocycles. The minimum Gasteiger partial charge on any atom is -0.282 e. The van der Waals surface area contributed by atoms with Gasteiger partial charge in [-0.1, -0.05) is 82.3 Å². The molecular weight excluding hydrogens is 506 g/mol. The van der Waals surface area contributed by atoms with Crippen molar-refractivity contribution in [2.75, 3.05) is 0 Å². The summed E-state index contributed by atoms with van der Waals surface area (Å²) in [5.74, 6) is 1.94. The van der Waals surface area contributed by atoms with Crippen LogP contribution in [0.15, 0.2) is 91.1 Å². The minimum atomic E-state index is 0.507. The quantitative estimate of drug-likeness (QED) is 0.210. The molecule has 3 aromatic heterocycles. The Balaban J connectivity index is 1.37. The van der Waals surface area contributed by atoms with E-state index in [2.05, 4.69) is 133 Å². The van der Waals surface area contributed by atoms with Crippen LogP contribution in [0.2, 0.25) is 0 Å². The molecule has 3 heterocycles. The van der Waals surface area contributed by atoms with Crippen molar-refractivity contribution >= 4 is 47.9 Å². The van der Waals surface area contributed by atoms with Gasteiger partial charge < -0.3 is 0 Å². The van der Waals surface area contributed by atoms with Gasteiger partial charge in [-0.05, 0) is 82.6 Å². The maximum Gasteiger partial charge on any atom is 0.168 e. The van der Waals surface area contributed by atoms with Gasteiger partial charge >= 0.3 is 0 Å². The fourth-order valence-electron chi connectivity index (χ4n) is 5.81. The summed E-state index contributed by atoms with van der Waals surface area (Å²) in [5.41, 5.74) is 7.37. The number of hydrogen-bond donors (Lipinski definition) is 0. The highest BCUT2D eigenvalue weighted by Crippen LogP contribution is 2.43. The van der Waals surface area contributed by atoms with E-state index in [1.54, 1.807) is 0 Å². The van der Waals surface area contributed by atoms with Gasteiger partial charge in [-0.25, -0.2) is 0 Å². The Hall–Kier alpha value is -4.02. The Kier molecular flexibility index (Phi) is 6.16. The molecule has 3 nitrogen and oxygen atoms in total. The van der Waals surface area contributed by atoms with Gasteiger partial charge in [0.2, 0.25) is 0 Å². The number of pyridine rings is 1. The SMILES string of the molecule is CCC(C)c1ccc2sc3c(-c4ccc(-c5nnc6c7ccccc7ccn56)cc4)cc(C(C)CC)cc3c2c1. The molecule has 0 aliphatic carbocycles. The Morgan fingerprint density at radius 1 is 0.700 bits per heavy atom. The van der Waals surface area contributed by atoms with Gasteiger partial charge in [-0.15, -0.1) is 21.5 Å². The second-order valence-corrected chi connectivity index (χ2v) is 12.2. The van der Waals surface area contributed by atoms with Crippen LogP contribution in [0.5, 0.6) is 0 Å². The average Bonchev–Trinajstić information content (AvgIpc) is 3.61. The Labute approximate surface area is 239 Å². The number of hydrogen-bond acceptors (Lipinski definition) is 3. The van der Waals surface area contributed by atoms with E-state index in [1.807, 2.05) is 11.3 Å². The zero-order valence-corrected chi connectivity index (χ0v) is 24.3. The van der Waals surface area contributed by atoms with E-state index < -0.39 is 0 Å². The van der Waals surface area contributed by atoms with Gasteiger partial charge in [-0.3, -0.25) is 4.40 Å². The lowest BCUT2D eigenvalue weighted by Gasteiger charge is -2.14. The van der Waals surface area contributed by atoms with E-state index >= 15 is 0 Å². The van der Waals surface area contributed by atoms with E-state index in [0.29, 0.717) is 11.8 Å². The van der Waals surface area contributed by atoms with Crippen molar-refractivity contribution in [3.8, 4) is 22.5 Å². The second-order valence-electron chi connectivity index (χ2n) is 11.1. The molecule has 0 saturated carbocycles. The second kappa shape index (κ2) is 9.87. The highest BCUT2D eigenvalue weighted by atomic mass is 32.1. The maximum atomic E-state index is 4.59. The van der Waals surface area contributed by atoms with Gasteiger partial charge in [0.05, 0.1) is 0 Å². The molecule has 2 unspecified atom stereocenters. The Morgan fingerprint density at radius 3 is 2.23 bits per heavy atom. The molecule has 0 amide bonds. The van der Waals surface area contributed by atoms with Gasteiger partial charge in [0.1, 0.15) is 0 Å². The van der Waals surface area contributed by atoms with Crippen molar-refractivity contribution in [1.29, 1.82) is 0 Å². The number of thiophene rings is 1. The van der Waals surface area contributed by atoms with E-state index in [4.69, 9.17) is 0 Å². The van der Waals surface area contributed by atoms with Crippen LogP contribution in [0.4, 0.5) is 0 Å². The topological polar surface area (TPSA) is 30.2 Å². The van der Waals surface area contributed by atoms with Crippen LogP contribution in [-0.2, 0) is 0 Å². The molecule has 0 fully saturated rings. The standard InChI is InChI=1S/C36H33N3S/c1-5-22(3)27-15-16-33-31(19-27)32-21-28(23(4)6-2)20-30(34(32)40-33)25-11-13-26(14-12-25)35-37-38-36-29-10-8-7-9-24(29)17-18-39(35)36/h7-23H,5-6H2,1-4H3. The van der Waals surface area contributed by atoms with E-state index in [9.17, 15) is 0 Å². The van der Waals surface area contributed by atoms with Crippen LogP contribution < -0.4 is 0 Å². The summed E-state index contributed by atoms with van der Waals surface area (Å²) in [4.78, 5) is 0. The molecule has 4 aromatic carbocycles. The number of aromatic nitrogens is 3. The van der Waals surface area contributed by atoms with Crippen LogP contribution in [0, 0.1) is 0 Å². The summed E-state index contributed by atoms with van der Waals surface area (Å²) >= 11 is 1.92. The molecular formula is C36H33N3S. The molecule has 0 bridgehead atoms. The first-order chi connectivity index (χ1) is 19.6. The molecule has 0 aliphatic rings. The molecule has 0 spiro atoms. The van der Waals surface area contributed by atoms with Crippen molar-refractivity contribution in [3.05, 3.63) is 102 Å². The number of benzene rings is 4. The summed E-state index contributed by atoms with van der Waals surface area (Å²) in [6.07, 6.45) is 4.35. The summed E-state index contributed by atoms with van der Waals surface area (Å²) < 4.78 is 4.83. The van der Waals surface area contributed by atoms with Gasteiger partial charge in [0.15, 0.2) is 11.5 Å². The smallest absolute Gasteiger partial charge is 0.168 e. The van der Waals surface area contributed by atoms with Crippen LogP contribution in [0.25, 0.3) is 59.1 Å². The summed E-state index contributed by atoms with van der Waals surface area (Å²) in [7, 11) is 0. The fourth-order valence-corrected chi connectivity index (χ4v) is 7.01. The normalized spacial score (nSPS) is 13.5. The molecule has 2 atom stereocenters. The van der Waals surface area contributed by atoms with Crippen LogP contribution in [0.1, 0.15) is 63.5 Å². The molecule has 40 heavy (non-hydrogen) atoms. The molecule has 7 rings (SSSR count). The summed E-state index contributed by atoms with van der Waals surface area (Å²) in [6, 6.07) is 31.3. The average molecular weight is 540 g/mol. The zero-order chi connectivity index (χ0) is 27.4. The molecule has 7 aromatic rings. The van der Waals surface area contributed by atoms with E-state index in [0.717, 1.165) is 35.3 Å². The first-order valence-electron chi connectivity index (χ1n) is 14.4. The highest BCUT2D eigenvalue weighted by Gasteiger charge is 2.17. The fraction of sp³-hybridized carbons (Fsp3) is 0.222. The van der Waals surface area contributed by atoms with Gasteiger partial charge in [0, 0.05) is 37.3 Å². The molecule has 0 radical (unpaired) electrons. The first-order valence-corrected chi connectivity index (χ1v) is 15.2. The molecule has 0 saturated heterocycles. The van der Waals surface area contributed by atoms with Crippen molar-refractivity contribution in [2.45, 2.75) is 52.4 Å². The largest absolute Gasteiger partial charge is 0.282 e. The summed E-state index contributed by atoms with van der Waals surface area (Å²) in [6.45, 7) is 9.22. The van der Waals surface area contributed by atoms with Crippen molar-refractivity contribution in [2.24, 2.45) is 0 Å². The lowest BCUT2D eigenvalue weighted by molar-refractivity contribution is 0.734. The lowest BCUT2D eigenvalue weighted by Crippen LogP contribution is -1.93. The van der Waals surface area contributed by atoms with Gasteiger partial charge in [-0.2, -0.15) is 0 Å². The predicted molar refractivity (Wildman–Crippen MR) is 172 cm³/mol. The number of rotatable bonds is 6. The minimum absolute atomic E-state index is 0.507. The van der Waals surface area contributed by atoms with E-state index in [1.165, 1.54) is 47.8 Å². The van der Waals surface area contributed by atoms with Gasteiger partial charge in [0.25, 0.3) is 0 Å². The number of nitrogens with zero attached hydrogens (tertiary/aromatic N) is 3. The Bertz CT molecular complexity index is 2010. The Morgan fingerprint density at radius 2 is 1.43 bits per heavy atom. The van der Waals surface area contributed by atoms with Crippen LogP contribution >= 0.6 is 11.3 Å². The van der Waals surface area contributed by atoms with Crippen molar-refractivity contribution in [3.63, 3.8) is 0 Å². The molecule has 0 N–H and O–H groups in total. The first kappa shape index (κ1) is 25.0. The predicted octanol–water partition coefficient (Wildman–Crippen LogP) is 10.6. The van der Waals surface area contributed by atoms with E-state index in [-0.39, 0.29) is 0 Å². The third-order valence-electron chi connectivity index (χ3n) is 8.73. The molecule has 4 heteroatoms. The third kappa shape index (κ3) is 4.01. The maximum absolute atomic E-state index is 4.59. The third-order valence-corrected chi connectivity index (χ3v) is 9.95. The zero-order valence-electron chi connectivity index (χ0n) is 23.5. The van der Waals surface area contributed by atoms with Crippen molar-refractivity contribution < 1.29 is 0 Å².